The van der Waals surface area contributed by atoms with Gasteiger partial charge < -0.3 is 10.6 Å². The lowest BCUT2D eigenvalue weighted by Gasteiger charge is -2.15. The lowest BCUT2D eigenvalue weighted by Crippen LogP contribution is -2.23. The van der Waals surface area contributed by atoms with E-state index in [1.54, 1.807) is 48.1 Å². The molecule has 7 heteroatoms. The fourth-order valence-corrected chi connectivity index (χ4v) is 3.63. The molecule has 0 aliphatic carbocycles. The minimum absolute atomic E-state index is 0.276. The van der Waals surface area contributed by atoms with E-state index in [-0.39, 0.29) is 11.8 Å². The van der Waals surface area contributed by atoms with Crippen LogP contribution in [0.15, 0.2) is 66.9 Å². The second-order valence-electron chi connectivity index (χ2n) is 6.76. The number of hydrogen-bond donors (Lipinski definition) is 2. The minimum Gasteiger partial charge on any atom is -0.355 e. The summed E-state index contributed by atoms with van der Waals surface area (Å²) in [6.45, 7) is 1.84. The fourth-order valence-electron chi connectivity index (χ4n) is 3.43. The first kappa shape index (κ1) is 19.7. The molecule has 0 unspecified atom stereocenters. The molecule has 0 aliphatic rings. The van der Waals surface area contributed by atoms with Crippen molar-refractivity contribution in [2.75, 3.05) is 12.4 Å². The Morgan fingerprint density at radius 3 is 2.57 bits per heavy atom. The third-order valence-corrected chi connectivity index (χ3v) is 5.17. The second-order valence-corrected chi connectivity index (χ2v) is 7.17. The topological polar surface area (TPSA) is 76.0 Å². The summed E-state index contributed by atoms with van der Waals surface area (Å²) in [7, 11) is 1.55. The van der Waals surface area contributed by atoms with Crippen molar-refractivity contribution in [1.82, 2.24) is 14.9 Å². The number of fused-ring (bicyclic) bond motifs is 1. The molecule has 2 aromatic carbocycles. The molecule has 0 bridgehead atoms. The number of nitrogens with zero attached hydrogens (tertiary/aromatic N) is 2. The molecule has 4 rings (SSSR count). The Morgan fingerprint density at radius 2 is 1.80 bits per heavy atom. The number of rotatable bonds is 4. The highest BCUT2D eigenvalue weighted by molar-refractivity contribution is 6.32. The quantitative estimate of drug-likeness (QED) is 0.508. The van der Waals surface area contributed by atoms with E-state index in [1.165, 1.54) is 0 Å². The molecule has 2 amide bonds. The van der Waals surface area contributed by atoms with Crippen LogP contribution in [0.2, 0.25) is 5.02 Å². The van der Waals surface area contributed by atoms with Crippen LogP contribution in [0.3, 0.4) is 0 Å². The summed E-state index contributed by atoms with van der Waals surface area (Å²) < 4.78 is 1.73. The van der Waals surface area contributed by atoms with E-state index < -0.39 is 0 Å². The molecule has 0 atom stereocenters. The number of aryl methyl sites for hydroxylation is 1. The Kier molecular flexibility index (Phi) is 5.25. The highest BCUT2D eigenvalue weighted by Gasteiger charge is 2.21. The normalized spacial score (nSPS) is 10.8. The van der Waals surface area contributed by atoms with E-state index in [1.807, 2.05) is 37.3 Å². The van der Waals surface area contributed by atoms with E-state index in [9.17, 15) is 9.59 Å². The first-order chi connectivity index (χ1) is 14.5. The van der Waals surface area contributed by atoms with Gasteiger partial charge in [0.05, 0.1) is 21.8 Å². The van der Waals surface area contributed by atoms with Gasteiger partial charge in [0.15, 0.2) is 5.82 Å². The number of anilines is 1. The Labute approximate surface area is 178 Å². The average molecular weight is 419 g/mol. The number of carbonyl (C=O) groups is 2. The molecule has 0 spiro atoms. The van der Waals surface area contributed by atoms with Crippen LogP contribution in [-0.4, -0.2) is 28.4 Å². The molecule has 0 aliphatic heterocycles. The summed E-state index contributed by atoms with van der Waals surface area (Å²) in [6.07, 6.45) is 1.63. The van der Waals surface area contributed by atoms with Gasteiger partial charge in [-0.25, -0.2) is 4.98 Å². The van der Waals surface area contributed by atoms with Crippen molar-refractivity contribution in [3.63, 3.8) is 0 Å². The monoisotopic (exact) mass is 418 g/mol. The van der Waals surface area contributed by atoms with Gasteiger partial charge in [0.1, 0.15) is 5.69 Å². The van der Waals surface area contributed by atoms with Crippen LogP contribution < -0.4 is 10.6 Å². The average Bonchev–Trinajstić information content (AvgIpc) is 3.14. The zero-order valence-electron chi connectivity index (χ0n) is 16.4. The van der Waals surface area contributed by atoms with Crippen molar-refractivity contribution in [3.8, 4) is 5.82 Å². The summed E-state index contributed by atoms with van der Waals surface area (Å²) in [6, 6.07) is 18.2. The number of nitrogens with one attached hydrogen (secondary N) is 2. The summed E-state index contributed by atoms with van der Waals surface area (Å²) in [5.41, 5.74) is 2.81. The molecule has 0 fully saturated rings. The van der Waals surface area contributed by atoms with Gasteiger partial charge in [-0.05, 0) is 42.8 Å². The maximum absolute atomic E-state index is 13.4. The summed E-state index contributed by atoms with van der Waals surface area (Å²) in [5, 5.41) is 6.82. The molecule has 2 aromatic heterocycles. The van der Waals surface area contributed by atoms with Crippen molar-refractivity contribution in [1.29, 1.82) is 0 Å². The van der Waals surface area contributed by atoms with Gasteiger partial charge in [0.25, 0.3) is 11.8 Å². The van der Waals surface area contributed by atoms with Crippen LogP contribution in [0.25, 0.3) is 16.7 Å². The fraction of sp³-hybridized carbons (Fsp3) is 0.0870. The number of hydrogen-bond acceptors (Lipinski definition) is 3. The first-order valence-electron chi connectivity index (χ1n) is 9.35. The number of carbonyl (C=O) groups excluding carboxylic acids is 2. The number of para-hydroxylation sites is 2. The largest absolute Gasteiger partial charge is 0.355 e. The highest BCUT2D eigenvalue weighted by atomic mass is 35.5. The summed E-state index contributed by atoms with van der Waals surface area (Å²) >= 11 is 6.40. The minimum atomic E-state index is -0.368. The van der Waals surface area contributed by atoms with Crippen molar-refractivity contribution in [3.05, 3.63) is 88.7 Å². The maximum Gasteiger partial charge on any atom is 0.272 e. The molecule has 30 heavy (non-hydrogen) atoms. The van der Waals surface area contributed by atoms with Crippen molar-refractivity contribution < 1.29 is 9.59 Å². The van der Waals surface area contributed by atoms with Gasteiger partial charge in [-0.3, -0.25) is 14.2 Å². The van der Waals surface area contributed by atoms with Crippen LogP contribution >= 0.6 is 11.6 Å². The van der Waals surface area contributed by atoms with E-state index in [2.05, 4.69) is 15.6 Å². The van der Waals surface area contributed by atoms with Gasteiger partial charge >= 0.3 is 0 Å². The number of benzene rings is 2. The maximum atomic E-state index is 13.4. The van der Waals surface area contributed by atoms with E-state index in [0.29, 0.717) is 27.8 Å². The van der Waals surface area contributed by atoms with Gasteiger partial charge in [0.2, 0.25) is 0 Å². The van der Waals surface area contributed by atoms with Gasteiger partial charge in [-0.1, -0.05) is 41.9 Å². The Balaban J connectivity index is 1.86. The molecular weight excluding hydrogens is 400 g/mol. The highest BCUT2D eigenvalue weighted by Crippen LogP contribution is 2.29. The molecule has 0 saturated carbocycles. The van der Waals surface area contributed by atoms with Gasteiger partial charge in [-0.15, -0.1) is 0 Å². The third-order valence-electron chi connectivity index (χ3n) is 4.88. The van der Waals surface area contributed by atoms with Crippen molar-refractivity contribution in [2.24, 2.45) is 0 Å². The van der Waals surface area contributed by atoms with Gasteiger partial charge in [0, 0.05) is 18.6 Å². The smallest absolute Gasteiger partial charge is 0.272 e. The van der Waals surface area contributed by atoms with E-state index in [0.717, 1.165) is 16.5 Å². The van der Waals surface area contributed by atoms with Crippen LogP contribution in [0.4, 0.5) is 5.69 Å². The van der Waals surface area contributed by atoms with Crippen molar-refractivity contribution >= 4 is 40.0 Å². The Hall–Kier alpha value is -3.64. The first-order valence-corrected chi connectivity index (χ1v) is 9.73. The predicted molar refractivity (Wildman–Crippen MR) is 119 cm³/mol. The molecule has 4 aromatic rings. The zero-order valence-corrected chi connectivity index (χ0v) is 17.2. The van der Waals surface area contributed by atoms with E-state index in [4.69, 9.17) is 11.6 Å². The standard InChI is InChI=1S/C23H19ClN4O2/c1-14-7-5-9-16(22(29)25-2)20(14)27-23(30)19-13-15-8-3-4-11-18(15)28(19)21-17(24)10-6-12-26-21/h3-13H,1-2H3,(H,25,29)(H,27,30). The van der Waals surface area contributed by atoms with Gasteiger partial charge in [-0.2, -0.15) is 0 Å². The molecule has 6 nitrogen and oxygen atoms in total. The number of pyridine rings is 1. The summed E-state index contributed by atoms with van der Waals surface area (Å²) in [4.78, 5) is 30.0. The number of aromatic nitrogens is 2. The predicted octanol–water partition coefficient (Wildman–Crippen LogP) is 4.60. The number of amides is 2. The Morgan fingerprint density at radius 1 is 1.00 bits per heavy atom. The molecule has 2 heterocycles. The Bertz CT molecular complexity index is 1280. The number of halogens is 1. The lowest BCUT2D eigenvalue weighted by molar-refractivity contribution is 0.0964. The third kappa shape index (κ3) is 3.42. The molecule has 150 valence electrons. The molecule has 0 saturated heterocycles. The lowest BCUT2D eigenvalue weighted by atomic mass is 10.1. The SMILES string of the molecule is CNC(=O)c1cccc(C)c1NC(=O)c1cc2ccccc2n1-c1ncccc1Cl. The molecule has 0 radical (unpaired) electrons. The van der Waals surface area contributed by atoms with Crippen molar-refractivity contribution in [2.45, 2.75) is 6.92 Å². The molecular formula is C23H19ClN4O2. The van der Waals surface area contributed by atoms with Crippen LogP contribution in [0.1, 0.15) is 26.4 Å². The molecule has 2 N–H and O–H groups in total. The van der Waals surface area contributed by atoms with Crippen LogP contribution in [-0.2, 0) is 0 Å². The zero-order chi connectivity index (χ0) is 21.3. The van der Waals surface area contributed by atoms with E-state index >= 15 is 0 Å². The van der Waals surface area contributed by atoms with Crippen LogP contribution in [0.5, 0.6) is 0 Å². The second kappa shape index (κ2) is 8.00. The summed E-state index contributed by atoms with van der Waals surface area (Å²) in [5.74, 6) is -0.184. The van der Waals surface area contributed by atoms with Crippen LogP contribution in [0, 0.1) is 6.92 Å².